The zero-order valence-corrected chi connectivity index (χ0v) is 18.0. The van der Waals surface area contributed by atoms with Crippen LogP contribution >= 0.6 is 11.3 Å². The van der Waals surface area contributed by atoms with Gasteiger partial charge in [0.15, 0.2) is 5.13 Å². The molecule has 0 aromatic carbocycles. The predicted molar refractivity (Wildman–Crippen MR) is 117 cm³/mol. The molecule has 4 heterocycles. The fraction of sp³-hybridized carbons (Fsp3) is 0.333. The van der Waals surface area contributed by atoms with Crippen molar-refractivity contribution in [3.05, 3.63) is 58.4 Å². The van der Waals surface area contributed by atoms with Gasteiger partial charge in [0, 0.05) is 30.2 Å². The molecule has 1 aliphatic rings. The first kappa shape index (κ1) is 20.2. The summed E-state index contributed by atoms with van der Waals surface area (Å²) in [5.74, 6) is 1.34. The molecule has 30 heavy (non-hydrogen) atoms. The van der Waals surface area contributed by atoms with Crippen LogP contribution in [0, 0.1) is 13.8 Å². The molecule has 1 fully saturated rings. The van der Waals surface area contributed by atoms with E-state index in [1.54, 1.807) is 41.6 Å². The van der Waals surface area contributed by atoms with Crippen LogP contribution in [0.5, 0.6) is 0 Å². The van der Waals surface area contributed by atoms with Crippen molar-refractivity contribution < 1.29 is 9.53 Å². The smallest absolute Gasteiger partial charge is 0.254 e. The molecule has 1 amide bonds. The number of nitrogens with zero attached hydrogens (tertiary/aromatic N) is 4. The molecule has 0 radical (unpaired) electrons. The third-order valence-electron chi connectivity index (χ3n) is 4.98. The number of carbonyl (C=O) groups excluding carboxylic acids is 1. The summed E-state index contributed by atoms with van der Waals surface area (Å²) < 4.78 is 5.93. The van der Waals surface area contributed by atoms with E-state index in [4.69, 9.17) is 9.72 Å². The monoisotopic (exact) mass is 424 g/mol. The highest BCUT2D eigenvalue weighted by Gasteiger charge is 2.27. The maximum Gasteiger partial charge on any atom is 0.254 e. The van der Waals surface area contributed by atoms with E-state index < -0.39 is 0 Å². The van der Waals surface area contributed by atoms with Crippen LogP contribution in [-0.2, 0) is 4.74 Å². The van der Waals surface area contributed by atoms with E-state index in [-0.39, 0.29) is 12.0 Å². The van der Waals surface area contributed by atoms with E-state index in [2.05, 4.69) is 20.6 Å². The van der Waals surface area contributed by atoms with Gasteiger partial charge in [-0.25, -0.2) is 15.0 Å². The summed E-state index contributed by atoms with van der Waals surface area (Å²) in [6, 6.07) is 9.25. The lowest BCUT2D eigenvalue weighted by atomic mass is 10.1. The molecule has 0 bridgehead atoms. The van der Waals surface area contributed by atoms with Crippen LogP contribution in [0.4, 0.5) is 16.8 Å². The molecule has 3 aromatic heterocycles. The van der Waals surface area contributed by atoms with Gasteiger partial charge in [-0.3, -0.25) is 4.79 Å². The molecular formula is C21H24N6O2S. The summed E-state index contributed by atoms with van der Waals surface area (Å²) in [5.41, 5.74) is 2.40. The third-order valence-corrected chi connectivity index (χ3v) is 5.97. The lowest BCUT2D eigenvalue weighted by Crippen LogP contribution is -2.42. The molecule has 0 spiro atoms. The van der Waals surface area contributed by atoms with Gasteiger partial charge in [-0.2, -0.15) is 0 Å². The Morgan fingerprint density at radius 3 is 2.87 bits per heavy atom. The molecule has 0 aliphatic carbocycles. The lowest BCUT2D eigenvalue weighted by molar-refractivity contribution is -0.0246. The van der Waals surface area contributed by atoms with Crippen LogP contribution < -0.4 is 10.6 Å². The number of hydrogen-bond acceptors (Lipinski definition) is 8. The Morgan fingerprint density at radius 1 is 1.23 bits per heavy atom. The second kappa shape index (κ2) is 8.76. The number of hydrogen-bond donors (Lipinski definition) is 2. The molecule has 156 valence electrons. The van der Waals surface area contributed by atoms with Crippen LogP contribution in [0.1, 0.15) is 32.7 Å². The molecule has 3 aromatic rings. The normalized spacial score (nSPS) is 16.4. The van der Waals surface area contributed by atoms with Gasteiger partial charge in [-0.05, 0) is 38.1 Å². The number of rotatable bonds is 5. The van der Waals surface area contributed by atoms with Gasteiger partial charge >= 0.3 is 0 Å². The van der Waals surface area contributed by atoms with Gasteiger partial charge in [0.25, 0.3) is 5.91 Å². The SMILES string of the molecule is CNc1cc(C(=O)N2CCO[C@H](c3cccc(Nc4nc(C)c(C)s4)n3)C2)ccn1. The van der Waals surface area contributed by atoms with Crippen molar-refractivity contribution >= 4 is 34.0 Å². The number of amides is 1. The highest BCUT2D eigenvalue weighted by molar-refractivity contribution is 7.15. The number of thiazole rings is 1. The van der Waals surface area contributed by atoms with Crippen molar-refractivity contribution in [2.24, 2.45) is 0 Å². The molecule has 1 aliphatic heterocycles. The zero-order valence-electron chi connectivity index (χ0n) is 17.2. The van der Waals surface area contributed by atoms with Gasteiger partial charge < -0.3 is 20.3 Å². The number of pyridine rings is 2. The summed E-state index contributed by atoms with van der Waals surface area (Å²) in [7, 11) is 1.78. The molecule has 1 saturated heterocycles. The van der Waals surface area contributed by atoms with E-state index in [9.17, 15) is 4.79 Å². The Hall–Kier alpha value is -3.04. The molecular weight excluding hydrogens is 400 g/mol. The first-order valence-corrected chi connectivity index (χ1v) is 10.6. The molecule has 4 rings (SSSR count). The second-order valence-electron chi connectivity index (χ2n) is 7.02. The van der Waals surface area contributed by atoms with E-state index in [1.807, 2.05) is 32.0 Å². The topological polar surface area (TPSA) is 92.3 Å². The van der Waals surface area contributed by atoms with E-state index in [1.165, 1.54) is 4.88 Å². The first-order valence-electron chi connectivity index (χ1n) is 9.76. The summed E-state index contributed by atoms with van der Waals surface area (Å²) in [6.07, 6.45) is 1.35. The molecule has 2 N–H and O–H groups in total. The largest absolute Gasteiger partial charge is 0.373 e. The van der Waals surface area contributed by atoms with Crippen molar-refractivity contribution in [2.75, 3.05) is 37.4 Å². The average Bonchev–Trinajstić information content (AvgIpc) is 3.10. The lowest BCUT2D eigenvalue weighted by Gasteiger charge is -2.33. The van der Waals surface area contributed by atoms with Gasteiger partial charge in [0.2, 0.25) is 0 Å². The fourth-order valence-electron chi connectivity index (χ4n) is 3.23. The molecule has 8 nitrogen and oxygen atoms in total. The Morgan fingerprint density at radius 2 is 2.10 bits per heavy atom. The Labute approximate surface area is 179 Å². The zero-order chi connectivity index (χ0) is 21.1. The van der Waals surface area contributed by atoms with Gasteiger partial charge in [0.1, 0.15) is 17.7 Å². The molecule has 0 unspecified atom stereocenters. The van der Waals surface area contributed by atoms with Crippen LogP contribution in [-0.4, -0.2) is 52.5 Å². The van der Waals surface area contributed by atoms with E-state index in [0.717, 1.165) is 16.5 Å². The van der Waals surface area contributed by atoms with Crippen molar-refractivity contribution in [1.82, 2.24) is 19.9 Å². The van der Waals surface area contributed by atoms with E-state index >= 15 is 0 Å². The average molecular weight is 425 g/mol. The van der Waals surface area contributed by atoms with Crippen molar-refractivity contribution in [3.8, 4) is 0 Å². The molecule has 1 atom stereocenters. The minimum absolute atomic E-state index is 0.0368. The minimum Gasteiger partial charge on any atom is -0.373 e. The van der Waals surface area contributed by atoms with Gasteiger partial charge in [0.05, 0.1) is 24.5 Å². The minimum atomic E-state index is -0.283. The van der Waals surface area contributed by atoms with Crippen LogP contribution in [0.2, 0.25) is 0 Å². The number of ether oxygens (including phenoxy) is 1. The maximum absolute atomic E-state index is 13.0. The highest BCUT2D eigenvalue weighted by Crippen LogP contribution is 2.27. The number of anilines is 3. The maximum atomic E-state index is 13.0. The van der Waals surface area contributed by atoms with Crippen molar-refractivity contribution in [1.29, 1.82) is 0 Å². The Kier molecular flexibility index (Phi) is 5.91. The predicted octanol–water partition coefficient (Wildman–Crippen LogP) is 3.55. The summed E-state index contributed by atoms with van der Waals surface area (Å²) >= 11 is 1.60. The summed E-state index contributed by atoms with van der Waals surface area (Å²) in [4.78, 5) is 29.3. The summed E-state index contributed by atoms with van der Waals surface area (Å²) in [6.45, 7) is 5.49. The Balaban J connectivity index is 1.48. The number of aryl methyl sites for hydroxylation is 2. The van der Waals surface area contributed by atoms with Gasteiger partial charge in [-0.1, -0.05) is 6.07 Å². The highest BCUT2D eigenvalue weighted by atomic mass is 32.1. The first-order chi connectivity index (χ1) is 14.5. The number of carbonyl (C=O) groups is 1. The van der Waals surface area contributed by atoms with Crippen molar-refractivity contribution in [2.45, 2.75) is 20.0 Å². The van der Waals surface area contributed by atoms with Gasteiger partial charge in [-0.15, -0.1) is 11.3 Å². The van der Waals surface area contributed by atoms with Crippen LogP contribution in [0.25, 0.3) is 0 Å². The molecule has 0 saturated carbocycles. The number of nitrogens with one attached hydrogen (secondary N) is 2. The van der Waals surface area contributed by atoms with E-state index in [0.29, 0.717) is 36.9 Å². The number of morpholine rings is 1. The fourth-order valence-corrected chi connectivity index (χ4v) is 4.05. The molecule has 9 heteroatoms. The quantitative estimate of drug-likeness (QED) is 0.647. The Bertz CT molecular complexity index is 1030. The standard InChI is InChI=1S/C21H24N6O2S/c1-13-14(2)30-21(24-13)26-18-6-4-5-16(25-18)17-12-27(9-10-29-17)20(28)15-7-8-23-19(11-15)22-3/h4-8,11,17H,9-10,12H2,1-3H3,(H,22,23)(H,24,25,26)/t17-/m0/s1. The van der Waals surface area contributed by atoms with Crippen molar-refractivity contribution in [3.63, 3.8) is 0 Å². The second-order valence-corrected chi connectivity index (χ2v) is 8.23. The number of aromatic nitrogens is 3. The van der Waals surface area contributed by atoms with Crippen LogP contribution in [0.15, 0.2) is 36.5 Å². The van der Waals surface area contributed by atoms with Crippen LogP contribution in [0.3, 0.4) is 0 Å². The third kappa shape index (κ3) is 4.42. The summed E-state index contributed by atoms with van der Waals surface area (Å²) in [5, 5.41) is 7.04.